The smallest absolute Gasteiger partial charge is 0.217 e. The van der Waals surface area contributed by atoms with E-state index in [1.54, 1.807) is 4.31 Å². The van der Waals surface area contributed by atoms with E-state index in [1.165, 1.54) is 6.42 Å². The van der Waals surface area contributed by atoms with E-state index in [9.17, 15) is 8.42 Å². The van der Waals surface area contributed by atoms with Crippen molar-refractivity contribution in [3.05, 3.63) is 0 Å². The maximum Gasteiger partial charge on any atom is 0.217 e. The van der Waals surface area contributed by atoms with Crippen molar-refractivity contribution in [2.45, 2.75) is 56.7 Å². The third kappa shape index (κ3) is 3.33. The van der Waals surface area contributed by atoms with Crippen LogP contribution in [-0.2, 0) is 10.0 Å². The highest BCUT2D eigenvalue weighted by Gasteiger charge is 2.35. The molecule has 0 aromatic carbocycles. The molecule has 2 aliphatic rings. The van der Waals surface area contributed by atoms with Crippen LogP contribution in [0.5, 0.6) is 0 Å². The highest BCUT2D eigenvalue weighted by molar-refractivity contribution is 7.89. The number of rotatable bonds is 4. The Bertz CT molecular complexity index is 444. The highest BCUT2D eigenvalue weighted by Crippen LogP contribution is 2.26. The molecule has 1 heterocycles. The van der Waals surface area contributed by atoms with Crippen molar-refractivity contribution in [3.8, 4) is 6.07 Å². The van der Waals surface area contributed by atoms with Gasteiger partial charge in [0.05, 0.1) is 17.4 Å². The fourth-order valence-corrected chi connectivity index (χ4v) is 5.30. The van der Waals surface area contributed by atoms with Gasteiger partial charge in [-0.1, -0.05) is 26.2 Å². The van der Waals surface area contributed by atoms with E-state index in [0.29, 0.717) is 26.2 Å². The Morgan fingerprint density at radius 3 is 2.25 bits per heavy atom. The second-order valence-electron chi connectivity index (χ2n) is 5.79. The van der Waals surface area contributed by atoms with Crippen LogP contribution < -0.4 is 0 Å². The van der Waals surface area contributed by atoms with E-state index in [-0.39, 0.29) is 11.3 Å². The molecule has 0 aromatic heterocycles. The van der Waals surface area contributed by atoms with Gasteiger partial charge in [-0.3, -0.25) is 4.90 Å². The molecule has 6 heteroatoms. The van der Waals surface area contributed by atoms with Gasteiger partial charge in [-0.05, 0) is 19.3 Å². The Hall–Kier alpha value is -0.640. The minimum Gasteiger partial charge on any atom is -0.285 e. The van der Waals surface area contributed by atoms with Crippen LogP contribution in [-0.4, -0.2) is 55.1 Å². The molecular weight excluding hydrogens is 274 g/mol. The molecular formula is C14H25N3O2S. The predicted molar refractivity (Wildman–Crippen MR) is 78.6 cm³/mol. The summed E-state index contributed by atoms with van der Waals surface area (Å²) in [5, 5.41) is 8.92. The Morgan fingerprint density at radius 2 is 1.75 bits per heavy atom. The summed E-state index contributed by atoms with van der Waals surface area (Å²) in [5.74, 6) is 0. The van der Waals surface area contributed by atoms with Crippen LogP contribution in [0.1, 0.15) is 45.4 Å². The molecule has 1 atom stereocenters. The molecule has 1 unspecified atom stereocenters. The van der Waals surface area contributed by atoms with E-state index in [1.807, 2.05) is 6.92 Å². The number of sulfonamides is 1. The minimum absolute atomic E-state index is 0.0745. The van der Waals surface area contributed by atoms with Crippen molar-refractivity contribution in [1.82, 2.24) is 9.21 Å². The van der Waals surface area contributed by atoms with Gasteiger partial charge in [0.15, 0.2) is 0 Å². The summed E-state index contributed by atoms with van der Waals surface area (Å²) in [4.78, 5) is 2.10. The number of hydrogen-bond donors (Lipinski definition) is 0. The second-order valence-corrected chi connectivity index (χ2v) is 8.01. The molecule has 0 bridgehead atoms. The highest BCUT2D eigenvalue weighted by atomic mass is 32.2. The normalized spacial score (nSPS) is 25.2. The fourth-order valence-electron chi connectivity index (χ4n) is 3.27. The molecule has 0 amide bonds. The average molecular weight is 299 g/mol. The molecule has 0 spiro atoms. The van der Waals surface area contributed by atoms with E-state index in [4.69, 9.17) is 5.26 Å². The Balaban J connectivity index is 1.94. The third-order valence-corrected chi connectivity index (χ3v) is 6.98. The molecule has 2 rings (SSSR count). The lowest BCUT2D eigenvalue weighted by Gasteiger charge is -2.38. The predicted octanol–water partition coefficient (Wildman–Crippen LogP) is 1.57. The van der Waals surface area contributed by atoms with Crippen molar-refractivity contribution in [2.75, 3.05) is 26.2 Å². The van der Waals surface area contributed by atoms with E-state index in [2.05, 4.69) is 11.0 Å². The van der Waals surface area contributed by atoms with Crippen molar-refractivity contribution in [3.63, 3.8) is 0 Å². The van der Waals surface area contributed by atoms with Crippen LogP contribution in [0.4, 0.5) is 0 Å². The van der Waals surface area contributed by atoms with Crippen LogP contribution in [0.25, 0.3) is 0 Å². The second kappa shape index (κ2) is 6.88. The topological polar surface area (TPSA) is 64.4 Å². The summed E-state index contributed by atoms with van der Waals surface area (Å²) < 4.78 is 26.9. The van der Waals surface area contributed by atoms with Crippen LogP contribution in [0.15, 0.2) is 0 Å². The lowest BCUT2D eigenvalue weighted by Crippen LogP contribution is -2.53. The molecule has 1 saturated heterocycles. The summed E-state index contributed by atoms with van der Waals surface area (Å²) in [6.45, 7) is 4.43. The van der Waals surface area contributed by atoms with E-state index in [0.717, 1.165) is 32.1 Å². The van der Waals surface area contributed by atoms with Crippen molar-refractivity contribution < 1.29 is 8.42 Å². The van der Waals surface area contributed by atoms with Gasteiger partial charge in [0.25, 0.3) is 0 Å². The lowest BCUT2D eigenvalue weighted by atomic mass is 10.0. The first-order chi connectivity index (χ1) is 9.59. The summed E-state index contributed by atoms with van der Waals surface area (Å²) >= 11 is 0. The quantitative estimate of drug-likeness (QED) is 0.790. The summed E-state index contributed by atoms with van der Waals surface area (Å²) in [5.41, 5.74) is 0. The van der Waals surface area contributed by atoms with Gasteiger partial charge in [-0.2, -0.15) is 9.57 Å². The summed E-state index contributed by atoms with van der Waals surface area (Å²) in [6, 6.07) is 2.22. The standard InChI is InChI=1S/C14H25N3O2S/c1-2-13(12-15)16-8-10-17(11-9-16)20(18,19)14-6-4-3-5-7-14/h13-14H,2-11H2,1H3. The minimum atomic E-state index is -3.12. The molecule has 20 heavy (non-hydrogen) atoms. The van der Waals surface area contributed by atoms with Gasteiger partial charge in [0, 0.05) is 26.2 Å². The number of hydrogen-bond acceptors (Lipinski definition) is 4. The zero-order chi connectivity index (χ0) is 14.6. The molecule has 1 saturated carbocycles. The van der Waals surface area contributed by atoms with E-state index < -0.39 is 10.0 Å². The molecule has 2 fully saturated rings. The number of nitrogens with zero attached hydrogens (tertiary/aromatic N) is 3. The van der Waals surface area contributed by atoms with E-state index >= 15 is 0 Å². The largest absolute Gasteiger partial charge is 0.285 e. The average Bonchev–Trinajstić information content (AvgIpc) is 2.50. The molecule has 114 valence electrons. The third-order valence-electron chi connectivity index (χ3n) is 4.58. The van der Waals surface area contributed by atoms with Crippen LogP contribution >= 0.6 is 0 Å². The molecule has 1 aliphatic heterocycles. The summed E-state index contributed by atoms with van der Waals surface area (Å²) in [6.07, 6.45) is 5.68. The van der Waals surface area contributed by atoms with Crippen molar-refractivity contribution in [2.24, 2.45) is 0 Å². The first-order valence-corrected chi connectivity index (χ1v) is 9.22. The van der Waals surface area contributed by atoms with Crippen LogP contribution in [0.2, 0.25) is 0 Å². The monoisotopic (exact) mass is 299 g/mol. The maximum absolute atomic E-state index is 12.6. The zero-order valence-electron chi connectivity index (χ0n) is 12.3. The lowest BCUT2D eigenvalue weighted by molar-refractivity contribution is 0.158. The van der Waals surface area contributed by atoms with Crippen molar-refractivity contribution in [1.29, 1.82) is 5.26 Å². The molecule has 0 radical (unpaired) electrons. The summed E-state index contributed by atoms with van der Waals surface area (Å²) in [7, 11) is -3.12. The first kappa shape index (κ1) is 15.7. The zero-order valence-corrected chi connectivity index (χ0v) is 13.1. The van der Waals surface area contributed by atoms with Crippen LogP contribution in [0.3, 0.4) is 0 Å². The van der Waals surface area contributed by atoms with Gasteiger partial charge in [-0.25, -0.2) is 8.42 Å². The number of nitriles is 1. The Labute approximate surface area is 122 Å². The fraction of sp³-hybridized carbons (Fsp3) is 0.929. The van der Waals surface area contributed by atoms with Gasteiger partial charge in [0.2, 0.25) is 10.0 Å². The maximum atomic E-state index is 12.6. The molecule has 0 aromatic rings. The van der Waals surface area contributed by atoms with Gasteiger partial charge in [0.1, 0.15) is 0 Å². The van der Waals surface area contributed by atoms with Crippen LogP contribution in [0, 0.1) is 11.3 Å². The SMILES string of the molecule is CCC(C#N)N1CCN(S(=O)(=O)C2CCCCC2)CC1. The Morgan fingerprint density at radius 1 is 1.15 bits per heavy atom. The Kier molecular flexibility index (Phi) is 5.42. The number of piperazine rings is 1. The van der Waals surface area contributed by atoms with Gasteiger partial charge >= 0.3 is 0 Å². The first-order valence-electron chi connectivity index (χ1n) is 7.72. The van der Waals surface area contributed by atoms with Crippen molar-refractivity contribution >= 4 is 10.0 Å². The van der Waals surface area contributed by atoms with Gasteiger partial charge in [-0.15, -0.1) is 0 Å². The molecule has 0 N–H and O–H groups in total. The molecule has 5 nitrogen and oxygen atoms in total. The molecule has 1 aliphatic carbocycles. The van der Waals surface area contributed by atoms with Gasteiger partial charge < -0.3 is 0 Å².